The number of piperazine rings is 1. The molecule has 0 unspecified atom stereocenters. The molecule has 1 saturated heterocycles. The zero-order chi connectivity index (χ0) is 11.8. The molecule has 0 amide bonds. The molecule has 3 heterocycles. The Morgan fingerprint density at radius 3 is 3.12 bits per heavy atom. The van der Waals surface area contributed by atoms with Crippen LogP contribution in [0.4, 0.5) is 5.82 Å². The Labute approximate surface area is 102 Å². The van der Waals surface area contributed by atoms with Crippen molar-refractivity contribution in [3.05, 3.63) is 18.3 Å². The van der Waals surface area contributed by atoms with Crippen LogP contribution in [-0.4, -0.2) is 48.2 Å². The number of hydrogen-bond acceptors (Lipinski definition) is 4. The van der Waals surface area contributed by atoms with E-state index in [2.05, 4.69) is 28.6 Å². The van der Waals surface area contributed by atoms with Crippen molar-refractivity contribution in [3.8, 4) is 5.75 Å². The fourth-order valence-electron chi connectivity index (χ4n) is 2.67. The molecular formula is C13H19N3O. The quantitative estimate of drug-likeness (QED) is 0.732. The van der Waals surface area contributed by atoms with E-state index in [0.717, 1.165) is 37.8 Å². The summed E-state index contributed by atoms with van der Waals surface area (Å²) >= 11 is 0. The fraction of sp³-hybridized carbons (Fsp3) is 0.615. The molecule has 1 fully saturated rings. The number of pyridine rings is 1. The largest absolute Gasteiger partial charge is 0.488 e. The van der Waals surface area contributed by atoms with Gasteiger partial charge in [-0.25, -0.2) is 4.98 Å². The summed E-state index contributed by atoms with van der Waals surface area (Å²) in [5, 5.41) is 0. The lowest BCUT2D eigenvalue weighted by Gasteiger charge is -2.45. The molecule has 1 aromatic heterocycles. The van der Waals surface area contributed by atoms with Crippen LogP contribution in [0.3, 0.4) is 0 Å². The lowest BCUT2D eigenvalue weighted by atomic mass is 10.1. The third-order valence-electron chi connectivity index (χ3n) is 3.70. The van der Waals surface area contributed by atoms with Crippen LogP contribution in [-0.2, 0) is 0 Å². The van der Waals surface area contributed by atoms with E-state index in [4.69, 9.17) is 4.74 Å². The van der Waals surface area contributed by atoms with Gasteiger partial charge >= 0.3 is 0 Å². The second-order valence-electron chi connectivity index (χ2n) is 5.07. The second-order valence-corrected chi connectivity index (χ2v) is 5.07. The normalized spacial score (nSPS) is 24.2. The van der Waals surface area contributed by atoms with E-state index < -0.39 is 0 Å². The highest BCUT2D eigenvalue weighted by atomic mass is 16.5. The number of nitrogens with zero attached hydrogens (tertiary/aromatic N) is 3. The van der Waals surface area contributed by atoms with Crippen LogP contribution in [0.25, 0.3) is 0 Å². The molecule has 3 rings (SSSR count). The van der Waals surface area contributed by atoms with Crippen LogP contribution in [0.2, 0.25) is 0 Å². The Hall–Kier alpha value is -1.29. The van der Waals surface area contributed by atoms with Gasteiger partial charge in [-0.2, -0.15) is 0 Å². The van der Waals surface area contributed by atoms with Crippen LogP contribution >= 0.6 is 0 Å². The van der Waals surface area contributed by atoms with Gasteiger partial charge < -0.3 is 9.64 Å². The van der Waals surface area contributed by atoms with E-state index >= 15 is 0 Å². The van der Waals surface area contributed by atoms with E-state index in [0.29, 0.717) is 12.1 Å². The van der Waals surface area contributed by atoms with Gasteiger partial charge in [-0.1, -0.05) is 0 Å². The van der Waals surface area contributed by atoms with Gasteiger partial charge in [0.1, 0.15) is 6.61 Å². The molecule has 0 saturated carbocycles. The Morgan fingerprint density at radius 1 is 1.41 bits per heavy atom. The number of ether oxygens (including phenoxy) is 1. The Kier molecular flexibility index (Phi) is 2.67. The summed E-state index contributed by atoms with van der Waals surface area (Å²) in [7, 11) is 0. The first kappa shape index (κ1) is 10.8. The molecule has 2 aliphatic rings. The van der Waals surface area contributed by atoms with E-state index in [1.807, 2.05) is 18.3 Å². The molecule has 0 N–H and O–H groups in total. The van der Waals surface area contributed by atoms with Crippen molar-refractivity contribution in [3.63, 3.8) is 0 Å². The molecule has 0 aliphatic carbocycles. The van der Waals surface area contributed by atoms with Crippen molar-refractivity contribution in [2.45, 2.75) is 25.9 Å². The molecule has 0 bridgehead atoms. The first-order chi connectivity index (χ1) is 8.25. The van der Waals surface area contributed by atoms with Crippen molar-refractivity contribution < 1.29 is 4.74 Å². The van der Waals surface area contributed by atoms with Crippen molar-refractivity contribution in [2.24, 2.45) is 0 Å². The maximum absolute atomic E-state index is 5.79. The number of anilines is 1. The summed E-state index contributed by atoms with van der Waals surface area (Å²) in [6, 6.07) is 5.01. The maximum atomic E-state index is 5.79. The van der Waals surface area contributed by atoms with Crippen LogP contribution in [0, 0.1) is 0 Å². The number of aromatic nitrogens is 1. The van der Waals surface area contributed by atoms with Crippen molar-refractivity contribution in [2.75, 3.05) is 31.1 Å². The van der Waals surface area contributed by atoms with E-state index in [9.17, 15) is 0 Å². The Morgan fingerprint density at radius 2 is 2.29 bits per heavy atom. The zero-order valence-electron chi connectivity index (χ0n) is 10.5. The second kappa shape index (κ2) is 4.18. The molecule has 4 nitrogen and oxygen atoms in total. The molecule has 0 aromatic carbocycles. The molecule has 0 spiro atoms. The Bertz CT molecular complexity index is 407. The lowest BCUT2D eigenvalue weighted by molar-refractivity contribution is 0.140. The summed E-state index contributed by atoms with van der Waals surface area (Å²) in [6.45, 7) is 8.53. The average molecular weight is 233 g/mol. The number of hydrogen-bond donors (Lipinski definition) is 0. The molecule has 1 atom stereocenters. The molecule has 92 valence electrons. The highest BCUT2D eigenvalue weighted by Gasteiger charge is 2.34. The summed E-state index contributed by atoms with van der Waals surface area (Å²) in [5.74, 6) is 1.95. The van der Waals surface area contributed by atoms with E-state index in [1.165, 1.54) is 0 Å². The third-order valence-corrected chi connectivity index (χ3v) is 3.70. The fourth-order valence-corrected chi connectivity index (χ4v) is 2.67. The van der Waals surface area contributed by atoms with Crippen molar-refractivity contribution in [1.82, 2.24) is 9.88 Å². The zero-order valence-corrected chi connectivity index (χ0v) is 10.5. The summed E-state index contributed by atoms with van der Waals surface area (Å²) in [6.07, 6.45) is 1.85. The van der Waals surface area contributed by atoms with Crippen LogP contribution < -0.4 is 9.64 Å². The van der Waals surface area contributed by atoms with Crippen LogP contribution in [0.15, 0.2) is 18.3 Å². The topological polar surface area (TPSA) is 28.6 Å². The first-order valence-electron chi connectivity index (χ1n) is 6.34. The van der Waals surface area contributed by atoms with Gasteiger partial charge in [0.05, 0.1) is 6.04 Å². The van der Waals surface area contributed by atoms with Crippen LogP contribution in [0.1, 0.15) is 13.8 Å². The molecule has 2 aliphatic heterocycles. The monoisotopic (exact) mass is 233 g/mol. The lowest BCUT2D eigenvalue weighted by Crippen LogP contribution is -2.58. The predicted octanol–water partition coefficient (Wildman–Crippen LogP) is 1.37. The SMILES string of the molecule is CC(C)N1CCN2c3ncccc3OC[C@H]2C1. The maximum Gasteiger partial charge on any atom is 0.171 e. The highest BCUT2D eigenvalue weighted by molar-refractivity contribution is 5.55. The van der Waals surface area contributed by atoms with Gasteiger partial charge in [-0.15, -0.1) is 0 Å². The predicted molar refractivity (Wildman–Crippen MR) is 67.6 cm³/mol. The minimum atomic E-state index is 0.452. The minimum absolute atomic E-state index is 0.452. The highest BCUT2D eigenvalue weighted by Crippen LogP contribution is 2.32. The molecule has 0 radical (unpaired) electrons. The van der Waals surface area contributed by atoms with E-state index in [-0.39, 0.29) is 0 Å². The molecular weight excluding hydrogens is 214 g/mol. The molecule has 4 heteroatoms. The van der Waals surface area contributed by atoms with Crippen LogP contribution in [0.5, 0.6) is 5.75 Å². The summed E-state index contributed by atoms with van der Waals surface area (Å²) < 4.78 is 5.79. The van der Waals surface area contributed by atoms with Gasteiger partial charge in [0.2, 0.25) is 0 Å². The first-order valence-corrected chi connectivity index (χ1v) is 6.34. The average Bonchev–Trinajstić information content (AvgIpc) is 2.38. The van der Waals surface area contributed by atoms with Gasteiger partial charge in [0.25, 0.3) is 0 Å². The molecule has 1 aromatic rings. The summed E-state index contributed by atoms with van der Waals surface area (Å²) in [5.41, 5.74) is 0. The molecule has 17 heavy (non-hydrogen) atoms. The van der Waals surface area contributed by atoms with Gasteiger partial charge in [0.15, 0.2) is 11.6 Å². The third kappa shape index (κ3) is 1.86. The van der Waals surface area contributed by atoms with E-state index in [1.54, 1.807) is 0 Å². The summed E-state index contributed by atoms with van der Waals surface area (Å²) in [4.78, 5) is 9.37. The Balaban J connectivity index is 1.83. The standard InChI is InChI=1S/C13H19N3O/c1-10(2)15-6-7-16-11(8-15)9-17-12-4-3-5-14-13(12)16/h3-5,10-11H,6-9H2,1-2H3/t11-/m1/s1. The van der Waals surface area contributed by atoms with Crippen molar-refractivity contribution in [1.29, 1.82) is 0 Å². The smallest absolute Gasteiger partial charge is 0.171 e. The van der Waals surface area contributed by atoms with Crippen molar-refractivity contribution >= 4 is 5.82 Å². The van der Waals surface area contributed by atoms with Gasteiger partial charge in [-0.05, 0) is 26.0 Å². The minimum Gasteiger partial charge on any atom is -0.488 e. The van der Waals surface area contributed by atoms with Gasteiger partial charge in [-0.3, -0.25) is 4.90 Å². The number of fused-ring (bicyclic) bond motifs is 3. The van der Waals surface area contributed by atoms with Gasteiger partial charge in [0, 0.05) is 31.9 Å². The number of rotatable bonds is 1.